The van der Waals surface area contributed by atoms with E-state index in [4.69, 9.17) is 5.11 Å². The smallest absolute Gasteiger partial charge is 0.305 e. The number of rotatable bonds is 5. The van der Waals surface area contributed by atoms with Gasteiger partial charge in [0.2, 0.25) is 0 Å². The highest BCUT2D eigenvalue weighted by molar-refractivity contribution is 5.68. The van der Waals surface area contributed by atoms with Gasteiger partial charge in [-0.3, -0.25) is 4.79 Å². The van der Waals surface area contributed by atoms with Crippen molar-refractivity contribution in [2.24, 2.45) is 11.8 Å². The Bertz CT molecular complexity index is 277. The fourth-order valence-electron chi connectivity index (χ4n) is 3.07. The molecule has 1 heterocycles. The van der Waals surface area contributed by atoms with Crippen LogP contribution in [0.25, 0.3) is 0 Å². The second-order valence-corrected chi connectivity index (χ2v) is 5.86. The molecule has 0 spiro atoms. The molecule has 1 aliphatic carbocycles. The molecule has 4 heteroatoms. The van der Waals surface area contributed by atoms with Gasteiger partial charge in [0.15, 0.2) is 0 Å². The van der Waals surface area contributed by atoms with E-state index in [9.17, 15) is 4.79 Å². The van der Waals surface area contributed by atoms with E-state index in [1.165, 1.54) is 25.7 Å². The Morgan fingerprint density at radius 1 is 1.41 bits per heavy atom. The van der Waals surface area contributed by atoms with Gasteiger partial charge in [0.1, 0.15) is 0 Å². The van der Waals surface area contributed by atoms with E-state index in [1.807, 2.05) is 0 Å². The van der Waals surface area contributed by atoms with E-state index in [-0.39, 0.29) is 12.0 Å². The molecule has 0 aromatic carbocycles. The summed E-state index contributed by atoms with van der Waals surface area (Å²) in [6.45, 7) is 4.89. The van der Waals surface area contributed by atoms with Gasteiger partial charge in [0, 0.05) is 13.1 Å². The minimum Gasteiger partial charge on any atom is -0.481 e. The third kappa shape index (κ3) is 3.19. The lowest BCUT2D eigenvalue weighted by molar-refractivity contribution is -0.139. The summed E-state index contributed by atoms with van der Waals surface area (Å²) in [6, 6.07) is 0. The largest absolute Gasteiger partial charge is 0.481 e. The number of hydrogen-bond donors (Lipinski definition) is 3. The van der Waals surface area contributed by atoms with Crippen LogP contribution in [0.1, 0.15) is 39.0 Å². The van der Waals surface area contributed by atoms with E-state index in [0.29, 0.717) is 0 Å². The van der Waals surface area contributed by atoms with E-state index >= 15 is 0 Å². The topological polar surface area (TPSA) is 61.4 Å². The average molecular weight is 240 g/mol. The fraction of sp³-hybridized carbons (Fsp3) is 0.923. The summed E-state index contributed by atoms with van der Waals surface area (Å²) in [6.07, 6.45) is 5.56. The van der Waals surface area contributed by atoms with Crippen LogP contribution in [0.3, 0.4) is 0 Å². The maximum atomic E-state index is 10.9. The lowest BCUT2D eigenvalue weighted by Crippen LogP contribution is -2.69. The molecule has 0 aromatic heterocycles. The van der Waals surface area contributed by atoms with Crippen LogP contribution < -0.4 is 10.6 Å². The summed E-state index contributed by atoms with van der Waals surface area (Å²) < 4.78 is 0. The number of aliphatic carboxylic acids is 1. The van der Waals surface area contributed by atoms with Crippen LogP contribution in [0.15, 0.2) is 0 Å². The van der Waals surface area contributed by atoms with Crippen LogP contribution in [-0.4, -0.2) is 36.2 Å². The molecular weight excluding hydrogens is 216 g/mol. The van der Waals surface area contributed by atoms with Gasteiger partial charge in [0.25, 0.3) is 0 Å². The minimum atomic E-state index is -0.698. The van der Waals surface area contributed by atoms with Crippen LogP contribution in [-0.2, 0) is 4.79 Å². The van der Waals surface area contributed by atoms with Crippen molar-refractivity contribution in [2.75, 3.05) is 19.6 Å². The van der Waals surface area contributed by atoms with Gasteiger partial charge in [-0.2, -0.15) is 0 Å². The Morgan fingerprint density at radius 2 is 2.12 bits per heavy atom. The minimum absolute atomic E-state index is 0.178. The fourth-order valence-corrected chi connectivity index (χ4v) is 3.07. The Kier molecular flexibility index (Phi) is 4.05. The highest BCUT2D eigenvalue weighted by atomic mass is 16.4. The van der Waals surface area contributed by atoms with Gasteiger partial charge in [0.05, 0.1) is 12.0 Å². The maximum absolute atomic E-state index is 10.9. The third-order valence-corrected chi connectivity index (χ3v) is 4.44. The lowest BCUT2D eigenvalue weighted by Gasteiger charge is -2.44. The Morgan fingerprint density at radius 3 is 2.65 bits per heavy atom. The van der Waals surface area contributed by atoms with E-state index in [0.717, 1.165) is 31.5 Å². The van der Waals surface area contributed by atoms with Crippen molar-refractivity contribution in [2.45, 2.75) is 44.6 Å². The van der Waals surface area contributed by atoms with Crippen molar-refractivity contribution in [3.63, 3.8) is 0 Å². The van der Waals surface area contributed by atoms with Gasteiger partial charge in [-0.25, -0.2) is 0 Å². The molecule has 2 rings (SSSR count). The molecule has 2 unspecified atom stereocenters. The first-order valence-electron chi connectivity index (χ1n) is 6.79. The SMILES string of the molecule is CC1CCCCC1CNC1(CC(=O)O)CNC1. The summed E-state index contributed by atoms with van der Waals surface area (Å²) >= 11 is 0. The molecule has 1 saturated heterocycles. The highest BCUT2D eigenvalue weighted by Crippen LogP contribution is 2.29. The van der Waals surface area contributed by atoms with Crippen LogP contribution in [0, 0.1) is 11.8 Å². The summed E-state index contributed by atoms with van der Waals surface area (Å²) in [7, 11) is 0. The van der Waals surface area contributed by atoms with Crippen LogP contribution >= 0.6 is 0 Å². The lowest BCUT2D eigenvalue weighted by atomic mass is 9.79. The highest BCUT2D eigenvalue weighted by Gasteiger charge is 2.39. The van der Waals surface area contributed by atoms with E-state index in [2.05, 4.69) is 17.6 Å². The maximum Gasteiger partial charge on any atom is 0.305 e. The Labute approximate surface area is 103 Å². The summed E-state index contributed by atoms with van der Waals surface area (Å²) in [5.74, 6) is 0.817. The first-order valence-corrected chi connectivity index (χ1v) is 6.79. The van der Waals surface area contributed by atoms with Crippen molar-refractivity contribution in [1.29, 1.82) is 0 Å². The second kappa shape index (κ2) is 5.36. The van der Waals surface area contributed by atoms with Crippen molar-refractivity contribution in [3.05, 3.63) is 0 Å². The van der Waals surface area contributed by atoms with E-state index < -0.39 is 5.97 Å². The summed E-state index contributed by atoms with van der Waals surface area (Å²) in [4.78, 5) is 10.9. The van der Waals surface area contributed by atoms with Gasteiger partial charge in [-0.15, -0.1) is 0 Å². The molecule has 3 N–H and O–H groups in total. The zero-order valence-corrected chi connectivity index (χ0v) is 10.7. The molecular formula is C13H24N2O2. The van der Waals surface area contributed by atoms with E-state index in [1.54, 1.807) is 0 Å². The monoisotopic (exact) mass is 240 g/mol. The molecule has 4 nitrogen and oxygen atoms in total. The zero-order chi connectivity index (χ0) is 12.3. The van der Waals surface area contributed by atoms with Crippen LogP contribution in [0.4, 0.5) is 0 Å². The van der Waals surface area contributed by atoms with Crippen LogP contribution in [0.2, 0.25) is 0 Å². The molecule has 2 atom stereocenters. The quantitative estimate of drug-likeness (QED) is 0.676. The summed E-state index contributed by atoms with van der Waals surface area (Å²) in [5.41, 5.74) is -0.178. The van der Waals surface area contributed by atoms with Crippen LogP contribution in [0.5, 0.6) is 0 Å². The predicted octanol–water partition coefficient (Wildman–Crippen LogP) is 1.22. The second-order valence-electron chi connectivity index (χ2n) is 5.86. The predicted molar refractivity (Wildman–Crippen MR) is 67.0 cm³/mol. The standard InChI is InChI=1S/C13H24N2O2/c1-10-4-2-3-5-11(10)7-15-13(6-12(16)17)8-14-9-13/h10-11,14-15H,2-9H2,1H3,(H,16,17). The van der Waals surface area contributed by atoms with Gasteiger partial charge >= 0.3 is 5.97 Å². The molecule has 98 valence electrons. The first kappa shape index (κ1) is 12.8. The van der Waals surface area contributed by atoms with Gasteiger partial charge < -0.3 is 15.7 Å². The number of nitrogens with one attached hydrogen (secondary N) is 2. The Hall–Kier alpha value is -0.610. The average Bonchev–Trinajstić information content (AvgIpc) is 2.23. The Balaban J connectivity index is 1.81. The third-order valence-electron chi connectivity index (χ3n) is 4.44. The molecule has 0 bridgehead atoms. The zero-order valence-electron chi connectivity index (χ0n) is 10.7. The van der Waals surface area contributed by atoms with Crippen molar-refractivity contribution < 1.29 is 9.90 Å². The number of carboxylic acid groups (broad SMARTS) is 1. The molecule has 2 aliphatic rings. The van der Waals surface area contributed by atoms with Crippen molar-refractivity contribution in [3.8, 4) is 0 Å². The molecule has 1 aliphatic heterocycles. The molecule has 2 fully saturated rings. The van der Waals surface area contributed by atoms with Crippen molar-refractivity contribution in [1.82, 2.24) is 10.6 Å². The molecule has 0 radical (unpaired) electrons. The van der Waals surface area contributed by atoms with Gasteiger partial charge in [-0.05, 0) is 24.8 Å². The number of carboxylic acids is 1. The molecule has 17 heavy (non-hydrogen) atoms. The molecule has 1 saturated carbocycles. The number of carbonyl (C=O) groups is 1. The van der Waals surface area contributed by atoms with Gasteiger partial charge in [-0.1, -0.05) is 26.2 Å². The molecule has 0 aromatic rings. The number of hydrogen-bond acceptors (Lipinski definition) is 3. The summed E-state index contributed by atoms with van der Waals surface area (Å²) in [5, 5.41) is 15.6. The molecule has 0 amide bonds. The normalized spacial score (nSPS) is 31.8. The van der Waals surface area contributed by atoms with Crippen molar-refractivity contribution >= 4 is 5.97 Å². The first-order chi connectivity index (χ1) is 8.11.